The van der Waals surface area contributed by atoms with Crippen LogP contribution in [0.1, 0.15) is 56.0 Å². The van der Waals surface area contributed by atoms with Gasteiger partial charge in [0.2, 0.25) is 0 Å². The standard InChI is InChI=1S/C25H27NO6/c27-24(28)10-2-1-5-13-30-21-8-4-3-7-18(21)16-26(20-11-12-20)25(29)23-15-19(17-32-23)22-9-6-14-31-22/h3-4,6-9,14-15,17,20H,1-2,5,10-13,16H2,(H,27,28)/i16D. The minimum atomic E-state index is -0.939. The van der Waals surface area contributed by atoms with Gasteiger partial charge in [-0.15, -0.1) is 0 Å². The molecular weight excluding hydrogens is 410 g/mol. The number of ether oxygens (including phenoxy) is 1. The lowest BCUT2D eigenvalue weighted by Crippen LogP contribution is -2.32. The molecule has 1 atom stereocenters. The number of carboxylic acid groups (broad SMARTS) is 1. The molecule has 1 aliphatic rings. The summed E-state index contributed by atoms with van der Waals surface area (Å²) in [6.45, 7) is -0.517. The van der Waals surface area contributed by atoms with E-state index in [2.05, 4.69) is 0 Å². The second kappa shape index (κ2) is 10.2. The van der Waals surface area contributed by atoms with Crippen molar-refractivity contribution < 1.29 is 29.6 Å². The molecule has 1 amide bonds. The highest BCUT2D eigenvalue weighted by atomic mass is 16.5. The van der Waals surface area contributed by atoms with Gasteiger partial charge in [0, 0.05) is 24.1 Å². The van der Waals surface area contributed by atoms with Gasteiger partial charge < -0.3 is 23.6 Å². The van der Waals surface area contributed by atoms with Crippen LogP contribution in [0.2, 0.25) is 0 Å². The number of unbranched alkanes of at least 4 members (excludes halogenated alkanes) is 2. The minimum absolute atomic E-state index is 0.0127. The van der Waals surface area contributed by atoms with Gasteiger partial charge in [0.25, 0.3) is 5.91 Å². The Morgan fingerprint density at radius 2 is 1.97 bits per heavy atom. The van der Waals surface area contributed by atoms with Gasteiger partial charge in [-0.05, 0) is 50.3 Å². The fourth-order valence-corrected chi connectivity index (χ4v) is 3.44. The first kappa shape index (κ1) is 20.4. The third-order valence-corrected chi connectivity index (χ3v) is 5.28. The molecule has 7 heteroatoms. The molecule has 1 N–H and O–H groups in total. The lowest BCUT2D eigenvalue weighted by Gasteiger charge is -2.23. The monoisotopic (exact) mass is 438 g/mol. The second-order valence-corrected chi connectivity index (χ2v) is 7.84. The first-order valence-corrected chi connectivity index (χ1v) is 10.9. The van der Waals surface area contributed by atoms with E-state index in [4.69, 9.17) is 20.0 Å². The number of rotatable bonds is 12. The zero-order valence-electron chi connectivity index (χ0n) is 18.7. The Morgan fingerprint density at radius 3 is 2.72 bits per heavy atom. The van der Waals surface area contributed by atoms with Crippen molar-refractivity contribution in [1.29, 1.82) is 0 Å². The summed E-state index contributed by atoms with van der Waals surface area (Å²) in [4.78, 5) is 25.5. The van der Waals surface area contributed by atoms with E-state index in [0.717, 1.165) is 25.7 Å². The minimum Gasteiger partial charge on any atom is -0.493 e. The molecular formula is C25H27NO6. The number of amides is 1. The Labute approximate surface area is 188 Å². The first-order chi connectivity index (χ1) is 16.0. The summed E-state index contributed by atoms with van der Waals surface area (Å²) in [5.41, 5.74) is 1.29. The molecule has 0 radical (unpaired) electrons. The average Bonchev–Trinajstić information content (AvgIpc) is 3.27. The van der Waals surface area contributed by atoms with Crippen LogP contribution in [0, 0.1) is 0 Å². The van der Waals surface area contributed by atoms with Crippen LogP contribution >= 0.6 is 0 Å². The molecule has 7 nitrogen and oxygen atoms in total. The van der Waals surface area contributed by atoms with Gasteiger partial charge in [0.05, 0.1) is 26.3 Å². The van der Waals surface area contributed by atoms with Gasteiger partial charge in [-0.1, -0.05) is 18.2 Å². The molecule has 1 fully saturated rings. The molecule has 2 heterocycles. The second-order valence-electron chi connectivity index (χ2n) is 7.84. The third kappa shape index (κ3) is 5.60. The third-order valence-electron chi connectivity index (χ3n) is 5.28. The van der Waals surface area contributed by atoms with E-state index in [1.165, 1.54) is 6.26 Å². The van der Waals surface area contributed by atoms with Gasteiger partial charge in [-0.25, -0.2) is 0 Å². The maximum atomic E-state index is 13.3. The van der Waals surface area contributed by atoms with Crippen LogP contribution in [0.15, 0.2) is 63.8 Å². The first-order valence-electron chi connectivity index (χ1n) is 11.4. The van der Waals surface area contributed by atoms with Crippen LogP contribution in [0.4, 0.5) is 0 Å². The summed E-state index contributed by atoms with van der Waals surface area (Å²) >= 11 is 0. The summed E-state index contributed by atoms with van der Waals surface area (Å²) in [6.07, 6.45) is 6.96. The number of furan rings is 2. The SMILES string of the molecule is [2H]C(c1ccccc1OCCCCCC(=O)O)N(C(=O)c1cc(-c2ccco2)co1)C1CC1. The number of carbonyl (C=O) groups excluding carboxylic acids is 1. The molecule has 4 rings (SSSR count). The quantitative estimate of drug-likeness (QED) is 0.382. The fraction of sp³-hybridized carbons (Fsp3) is 0.360. The number of carboxylic acids is 1. The van der Waals surface area contributed by atoms with E-state index in [1.807, 2.05) is 12.1 Å². The van der Waals surface area contributed by atoms with E-state index < -0.39 is 12.5 Å². The molecule has 32 heavy (non-hydrogen) atoms. The highest BCUT2D eigenvalue weighted by molar-refractivity contribution is 5.93. The van der Waals surface area contributed by atoms with E-state index in [-0.39, 0.29) is 24.1 Å². The summed E-state index contributed by atoms with van der Waals surface area (Å²) < 4.78 is 25.7. The van der Waals surface area contributed by atoms with Crippen molar-refractivity contribution in [3.8, 4) is 17.1 Å². The number of hydrogen-bond acceptors (Lipinski definition) is 5. The summed E-state index contributed by atoms with van der Waals surface area (Å²) in [6, 6.07) is 12.4. The summed E-state index contributed by atoms with van der Waals surface area (Å²) in [7, 11) is 0. The van der Waals surface area contributed by atoms with Crippen LogP contribution in [-0.2, 0) is 11.3 Å². The molecule has 0 aliphatic heterocycles. The number of nitrogens with zero attached hydrogens (tertiary/aromatic N) is 1. The molecule has 0 bridgehead atoms. The Bertz CT molecular complexity index is 1070. The Morgan fingerprint density at radius 1 is 1.12 bits per heavy atom. The van der Waals surface area contributed by atoms with E-state index in [1.54, 1.807) is 41.5 Å². The van der Waals surface area contributed by atoms with Crippen molar-refractivity contribution in [3.05, 3.63) is 66.3 Å². The molecule has 3 aromatic rings. The van der Waals surface area contributed by atoms with Gasteiger partial charge >= 0.3 is 5.97 Å². The Balaban J connectivity index is 1.45. The molecule has 1 unspecified atom stereocenters. The van der Waals surface area contributed by atoms with Crippen molar-refractivity contribution in [3.63, 3.8) is 0 Å². The molecule has 0 saturated heterocycles. The van der Waals surface area contributed by atoms with Gasteiger partial charge in [0.1, 0.15) is 17.8 Å². The van der Waals surface area contributed by atoms with Crippen molar-refractivity contribution in [1.82, 2.24) is 4.90 Å². The van der Waals surface area contributed by atoms with E-state index in [0.29, 0.717) is 35.7 Å². The normalized spacial score (nSPS) is 14.6. The predicted octanol–water partition coefficient (Wildman–Crippen LogP) is 5.37. The summed E-state index contributed by atoms with van der Waals surface area (Å²) in [5.74, 6) is 0.211. The van der Waals surface area contributed by atoms with Gasteiger partial charge in [-0.3, -0.25) is 9.59 Å². The molecule has 2 aromatic heterocycles. The molecule has 168 valence electrons. The number of hydrogen-bond donors (Lipinski definition) is 1. The Kier molecular flexibility index (Phi) is 6.52. The van der Waals surface area contributed by atoms with Crippen molar-refractivity contribution in [2.45, 2.75) is 51.1 Å². The molecule has 1 saturated carbocycles. The zero-order valence-corrected chi connectivity index (χ0v) is 17.7. The number of para-hydroxylation sites is 1. The van der Waals surface area contributed by atoms with Crippen molar-refractivity contribution in [2.24, 2.45) is 0 Å². The van der Waals surface area contributed by atoms with E-state index in [9.17, 15) is 9.59 Å². The predicted molar refractivity (Wildman–Crippen MR) is 117 cm³/mol. The van der Waals surface area contributed by atoms with Crippen LogP contribution < -0.4 is 4.74 Å². The van der Waals surface area contributed by atoms with Crippen LogP contribution in [0.5, 0.6) is 5.75 Å². The van der Waals surface area contributed by atoms with Crippen LogP contribution in [0.25, 0.3) is 11.3 Å². The van der Waals surface area contributed by atoms with Gasteiger partial charge in [-0.2, -0.15) is 0 Å². The fourth-order valence-electron chi connectivity index (χ4n) is 3.44. The largest absolute Gasteiger partial charge is 0.493 e. The maximum absolute atomic E-state index is 13.3. The number of benzene rings is 1. The van der Waals surface area contributed by atoms with Crippen molar-refractivity contribution >= 4 is 11.9 Å². The van der Waals surface area contributed by atoms with Crippen LogP contribution in [0.3, 0.4) is 0 Å². The smallest absolute Gasteiger partial charge is 0.303 e. The summed E-state index contributed by atoms with van der Waals surface area (Å²) in [5, 5.41) is 8.73. The number of aliphatic carboxylic acids is 1. The lowest BCUT2D eigenvalue weighted by atomic mass is 10.1. The van der Waals surface area contributed by atoms with Crippen molar-refractivity contribution in [2.75, 3.05) is 6.61 Å². The molecule has 0 spiro atoms. The van der Waals surface area contributed by atoms with Crippen LogP contribution in [-0.4, -0.2) is 34.5 Å². The topological polar surface area (TPSA) is 93.1 Å². The highest BCUT2D eigenvalue weighted by Crippen LogP contribution is 2.33. The van der Waals surface area contributed by atoms with E-state index >= 15 is 0 Å². The lowest BCUT2D eigenvalue weighted by molar-refractivity contribution is -0.137. The van der Waals surface area contributed by atoms with Gasteiger partial charge in [0.15, 0.2) is 5.76 Å². The molecule has 1 aromatic carbocycles. The Hall–Kier alpha value is -3.48. The average molecular weight is 438 g/mol. The molecule has 1 aliphatic carbocycles. The zero-order chi connectivity index (χ0) is 23.2. The highest BCUT2D eigenvalue weighted by Gasteiger charge is 2.35. The maximum Gasteiger partial charge on any atom is 0.303 e. The number of carbonyl (C=O) groups is 2.